The first kappa shape index (κ1) is 14.5. The Morgan fingerprint density at radius 2 is 1.85 bits per heavy atom. The van der Waals surface area contributed by atoms with E-state index in [1.165, 1.54) is 10.2 Å². The number of rotatable bonds is 5. The minimum Gasteiger partial charge on any atom is -0.330 e. The average molecular weight is 271 g/mol. The van der Waals surface area contributed by atoms with Gasteiger partial charge >= 0.3 is 0 Å². The van der Waals surface area contributed by atoms with Crippen molar-refractivity contribution >= 4 is 0 Å². The van der Waals surface area contributed by atoms with Gasteiger partial charge in [0, 0.05) is 5.56 Å². The molecule has 1 heterocycles. The van der Waals surface area contributed by atoms with Gasteiger partial charge in [-0.25, -0.2) is 0 Å². The molecule has 0 saturated heterocycles. The summed E-state index contributed by atoms with van der Waals surface area (Å²) >= 11 is 0. The minimum atomic E-state index is -0.0547. The summed E-state index contributed by atoms with van der Waals surface area (Å²) in [6.45, 7) is 4.46. The fourth-order valence-electron chi connectivity index (χ4n) is 2.08. The molecule has 106 valence electrons. The lowest BCUT2D eigenvalue weighted by Gasteiger charge is -2.08. The number of hydrogen-bond acceptors (Lipinski definition) is 3. The molecule has 0 saturated carbocycles. The molecule has 1 aromatic heterocycles. The van der Waals surface area contributed by atoms with E-state index < -0.39 is 0 Å². The summed E-state index contributed by atoms with van der Waals surface area (Å²) in [6, 6.07) is 7.99. The Hall–Kier alpha value is -1.94. The number of benzene rings is 1. The molecule has 0 unspecified atom stereocenters. The smallest absolute Gasteiger partial charge is 0.274 e. The Balaban J connectivity index is 2.22. The number of aryl methyl sites for hydroxylation is 2. The molecule has 0 radical (unpaired) electrons. The van der Waals surface area contributed by atoms with E-state index in [4.69, 9.17) is 5.73 Å². The lowest BCUT2D eigenvalue weighted by molar-refractivity contribution is 0.743. The molecule has 0 fully saturated rings. The quantitative estimate of drug-likeness (QED) is 0.847. The van der Waals surface area contributed by atoms with Gasteiger partial charge in [0.25, 0.3) is 5.56 Å². The Morgan fingerprint density at radius 1 is 1.15 bits per heavy atom. The Kier molecular flexibility index (Phi) is 4.69. The third kappa shape index (κ3) is 3.14. The molecule has 0 bridgehead atoms. The van der Waals surface area contributed by atoms with E-state index in [1.54, 1.807) is 6.20 Å². The van der Waals surface area contributed by atoms with Gasteiger partial charge in [-0.3, -0.25) is 4.79 Å². The van der Waals surface area contributed by atoms with Crippen LogP contribution in [0.15, 0.2) is 35.3 Å². The Labute approximate surface area is 119 Å². The highest BCUT2D eigenvalue weighted by Gasteiger charge is 2.05. The van der Waals surface area contributed by atoms with Crippen LogP contribution in [0.3, 0.4) is 0 Å². The molecule has 0 amide bonds. The fraction of sp³-hybridized carbons (Fsp3) is 0.375. The molecule has 0 aliphatic heterocycles. The van der Waals surface area contributed by atoms with Crippen LogP contribution in [-0.2, 0) is 6.42 Å². The van der Waals surface area contributed by atoms with Crippen LogP contribution in [0.5, 0.6) is 0 Å². The van der Waals surface area contributed by atoms with Gasteiger partial charge in [-0.1, -0.05) is 12.1 Å². The lowest BCUT2D eigenvalue weighted by Crippen LogP contribution is -2.23. The third-order valence-electron chi connectivity index (χ3n) is 3.57. The number of nitrogens with zero attached hydrogens (tertiary/aromatic N) is 2. The van der Waals surface area contributed by atoms with Crippen LogP contribution in [0, 0.1) is 13.8 Å². The highest BCUT2D eigenvalue weighted by atomic mass is 16.1. The molecule has 0 spiro atoms. The lowest BCUT2D eigenvalue weighted by atomic mass is 10.1. The van der Waals surface area contributed by atoms with Crippen molar-refractivity contribution < 1.29 is 0 Å². The second-order valence-electron chi connectivity index (χ2n) is 5.08. The molecule has 2 aromatic rings. The number of nitrogens with two attached hydrogens (primary N) is 1. The first-order valence-corrected chi connectivity index (χ1v) is 6.98. The van der Waals surface area contributed by atoms with E-state index in [2.05, 4.69) is 17.2 Å². The van der Waals surface area contributed by atoms with Gasteiger partial charge in [-0.05, 0) is 62.9 Å². The normalized spacial score (nSPS) is 10.8. The second-order valence-corrected chi connectivity index (χ2v) is 5.08. The topological polar surface area (TPSA) is 60.9 Å². The van der Waals surface area contributed by atoms with E-state index >= 15 is 0 Å². The average Bonchev–Trinajstić information content (AvgIpc) is 2.46. The Morgan fingerprint density at radius 3 is 2.50 bits per heavy atom. The van der Waals surface area contributed by atoms with Crippen LogP contribution < -0.4 is 11.3 Å². The maximum atomic E-state index is 12.2. The van der Waals surface area contributed by atoms with Crippen molar-refractivity contribution in [2.24, 2.45) is 5.73 Å². The maximum absolute atomic E-state index is 12.2. The van der Waals surface area contributed by atoms with E-state index in [-0.39, 0.29) is 5.56 Å². The Bertz CT molecular complexity index is 629. The largest absolute Gasteiger partial charge is 0.330 e. The van der Waals surface area contributed by atoms with Gasteiger partial charge in [-0.15, -0.1) is 0 Å². The number of hydrogen-bond donors (Lipinski definition) is 1. The molecule has 20 heavy (non-hydrogen) atoms. The molecule has 0 aliphatic rings. The second kappa shape index (κ2) is 6.48. The van der Waals surface area contributed by atoms with E-state index in [1.807, 2.05) is 26.0 Å². The van der Waals surface area contributed by atoms with Crippen LogP contribution in [0.25, 0.3) is 5.69 Å². The molecule has 4 nitrogen and oxygen atoms in total. The summed E-state index contributed by atoms with van der Waals surface area (Å²) in [4.78, 5) is 12.2. The van der Waals surface area contributed by atoms with E-state index in [0.29, 0.717) is 0 Å². The van der Waals surface area contributed by atoms with Crippen molar-refractivity contribution in [2.75, 3.05) is 6.54 Å². The van der Waals surface area contributed by atoms with Crippen molar-refractivity contribution in [1.82, 2.24) is 9.78 Å². The number of unbranched alkanes of at least 4 members (excludes halogenated alkanes) is 1. The zero-order valence-electron chi connectivity index (χ0n) is 12.1. The van der Waals surface area contributed by atoms with Gasteiger partial charge in [0.1, 0.15) is 0 Å². The van der Waals surface area contributed by atoms with E-state index in [9.17, 15) is 4.79 Å². The highest BCUT2D eigenvalue weighted by Crippen LogP contribution is 2.10. The molecular weight excluding hydrogens is 250 g/mol. The molecule has 2 N–H and O–H groups in total. The van der Waals surface area contributed by atoms with Crippen molar-refractivity contribution in [3.8, 4) is 5.69 Å². The van der Waals surface area contributed by atoms with Crippen LogP contribution >= 0.6 is 0 Å². The summed E-state index contributed by atoms with van der Waals surface area (Å²) < 4.78 is 1.45. The van der Waals surface area contributed by atoms with Crippen LogP contribution in [0.2, 0.25) is 0 Å². The van der Waals surface area contributed by atoms with Gasteiger partial charge < -0.3 is 5.73 Å². The molecule has 2 rings (SSSR count). The van der Waals surface area contributed by atoms with Gasteiger partial charge in [0.15, 0.2) is 0 Å². The summed E-state index contributed by atoms with van der Waals surface area (Å²) in [5.74, 6) is 0. The summed E-state index contributed by atoms with van der Waals surface area (Å²) in [5.41, 5.74) is 9.17. The first-order chi connectivity index (χ1) is 9.63. The van der Waals surface area contributed by atoms with Gasteiger partial charge in [0.2, 0.25) is 0 Å². The molecule has 1 aromatic carbocycles. The predicted molar refractivity (Wildman–Crippen MR) is 81.3 cm³/mol. The van der Waals surface area contributed by atoms with Crippen LogP contribution in [0.4, 0.5) is 0 Å². The monoisotopic (exact) mass is 271 g/mol. The number of aromatic nitrogens is 2. The molecule has 0 aliphatic carbocycles. The predicted octanol–water partition coefficient (Wildman–Crippen LogP) is 2.13. The SMILES string of the molecule is Cc1cnn(-c2ccc(CCCCN)cc2)c(=O)c1C. The third-order valence-corrected chi connectivity index (χ3v) is 3.57. The van der Waals surface area contributed by atoms with Gasteiger partial charge in [0.05, 0.1) is 11.9 Å². The maximum Gasteiger partial charge on any atom is 0.274 e. The summed E-state index contributed by atoms with van der Waals surface area (Å²) in [6.07, 6.45) is 4.89. The molecule has 4 heteroatoms. The van der Waals surface area contributed by atoms with Crippen molar-refractivity contribution in [1.29, 1.82) is 0 Å². The zero-order valence-corrected chi connectivity index (χ0v) is 12.1. The molecule has 0 atom stereocenters. The highest BCUT2D eigenvalue weighted by molar-refractivity contribution is 5.35. The first-order valence-electron chi connectivity index (χ1n) is 6.98. The zero-order chi connectivity index (χ0) is 14.5. The van der Waals surface area contributed by atoms with E-state index in [0.717, 1.165) is 42.6 Å². The van der Waals surface area contributed by atoms with Crippen molar-refractivity contribution in [2.45, 2.75) is 33.1 Å². The summed E-state index contributed by atoms with van der Waals surface area (Å²) in [5, 5.41) is 4.20. The minimum absolute atomic E-state index is 0.0547. The summed E-state index contributed by atoms with van der Waals surface area (Å²) in [7, 11) is 0. The fourth-order valence-corrected chi connectivity index (χ4v) is 2.08. The van der Waals surface area contributed by atoms with Gasteiger partial charge in [-0.2, -0.15) is 9.78 Å². The van der Waals surface area contributed by atoms with Crippen LogP contribution in [-0.4, -0.2) is 16.3 Å². The van der Waals surface area contributed by atoms with Crippen molar-refractivity contribution in [3.05, 3.63) is 57.5 Å². The van der Waals surface area contributed by atoms with Crippen LogP contribution in [0.1, 0.15) is 29.5 Å². The van der Waals surface area contributed by atoms with Crippen molar-refractivity contribution in [3.63, 3.8) is 0 Å². The standard InChI is InChI=1S/C16H21N3O/c1-12-11-18-19(16(20)13(12)2)15-8-6-14(7-9-15)5-3-4-10-17/h6-9,11H,3-5,10,17H2,1-2H3. The molecular formula is C16H21N3O.